The Balaban J connectivity index is 1.85. The van der Waals surface area contributed by atoms with Gasteiger partial charge in [-0.2, -0.15) is 0 Å². The van der Waals surface area contributed by atoms with Gasteiger partial charge in [0.1, 0.15) is 11.7 Å². The van der Waals surface area contributed by atoms with Gasteiger partial charge in [0.2, 0.25) is 5.88 Å². The van der Waals surface area contributed by atoms with Gasteiger partial charge in [0.25, 0.3) is 5.91 Å². The highest BCUT2D eigenvalue weighted by Crippen LogP contribution is 2.27. The Hall–Kier alpha value is -2.79. The molecule has 2 heterocycles. The summed E-state index contributed by atoms with van der Waals surface area (Å²) in [6, 6.07) is 1.47. The molecule has 1 aliphatic carbocycles. The smallest absolute Gasteiger partial charge is 0.317 e. The third-order valence-electron chi connectivity index (χ3n) is 6.75. The maximum atomic E-state index is 13.5. The van der Waals surface area contributed by atoms with Crippen molar-refractivity contribution in [1.29, 1.82) is 0 Å². The molecule has 8 heteroatoms. The summed E-state index contributed by atoms with van der Waals surface area (Å²) in [7, 11) is 1.76. The SMILES string of the molecule is CC(C)CC#Cc1cnc2c(c1)C(=O)N([C@@H](C)CO)C[C@@H](C)[C@H](CN(C)C(=O)NC1CCCC1)O2. The first-order chi connectivity index (χ1) is 16.7. The standard InChI is InChI=1S/C27H40N4O4/c1-18(2)9-8-10-21-13-23-25(28-14-21)35-24(19(3)15-31(26(23)33)20(4)17-32)16-30(5)27(34)29-22-11-6-7-12-22/h13-14,18-20,22,24,32H,6-7,9,11-12,15-17H2,1-5H3,(H,29,34)/t19-,20+,24+/m1/s1. The number of amides is 3. The number of aliphatic hydroxyl groups excluding tert-OH is 1. The maximum Gasteiger partial charge on any atom is 0.317 e. The van der Waals surface area contributed by atoms with Crippen LogP contribution in [0.1, 0.15) is 75.7 Å². The minimum atomic E-state index is -0.375. The van der Waals surface area contributed by atoms with Crippen LogP contribution in [0.5, 0.6) is 5.88 Å². The van der Waals surface area contributed by atoms with E-state index in [9.17, 15) is 14.7 Å². The molecule has 35 heavy (non-hydrogen) atoms. The molecule has 3 rings (SSSR count). The molecule has 3 atom stereocenters. The first-order valence-electron chi connectivity index (χ1n) is 12.8. The molecule has 8 nitrogen and oxygen atoms in total. The monoisotopic (exact) mass is 484 g/mol. The van der Waals surface area contributed by atoms with Gasteiger partial charge in [0.05, 0.1) is 19.2 Å². The van der Waals surface area contributed by atoms with Crippen LogP contribution in [0.15, 0.2) is 12.3 Å². The number of aromatic nitrogens is 1. The fourth-order valence-corrected chi connectivity index (χ4v) is 4.45. The second kappa shape index (κ2) is 12.3. The first kappa shape index (κ1) is 26.8. The predicted molar refractivity (Wildman–Crippen MR) is 135 cm³/mol. The van der Waals surface area contributed by atoms with Crippen molar-refractivity contribution in [2.24, 2.45) is 11.8 Å². The highest BCUT2D eigenvalue weighted by Gasteiger charge is 2.35. The van der Waals surface area contributed by atoms with Crippen molar-refractivity contribution in [3.63, 3.8) is 0 Å². The van der Waals surface area contributed by atoms with E-state index in [1.54, 1.807) is 29.1 Å². The van der Waals surface area contributed by atoms with E-state index in [0.29, 0.717) is 30.1 Å². The van der Waals surface area contributed by atoms with Crippen molar-refractivity contribution < 1.29 is 19.4 Å². The number of likely N-dealkylation sites (N-methyl/N-ethyl adjacent to an activating group) is 1. The van der Waals surface area contributed by atoms with E-state index in [2.05, 4.69) is 36.0 Å². The molecule has 3 amide bonds. The number of rotatable bonds is 6. The van der Waals surface area contributed by atoms with Gasteiger partial charge in [0, 0.05) is 43.7 Å². The minimum Gasteiger partial charge on any atom is -0.472 e. The summed E-state index contributed by atoms with van der Waals surface area (Å²) in [5, 5.41) is 12.9. The topological polar surface area (TPSA) is 95.0 Å². The second-order valence-corrected chi connectivity index (χ2v) is 10.4. The van der Waals surface area contributed by atoms with Crippen LogP contribution in [0.3, 0.4) is 0 Å². The van der Waals surface area contributed by atoms with Gasteiger partial charge < -0.3 is 25.0 Å². The third kappa shape index (κ3) is 7.11. The van der Waals surface area contributed by atoms with E-state index in [1.165, 1.54) is 0 Å². The van der Waals surface area contributed by atoms with Gasteiger partial charge in [-0.25, -0.2) is 9.78 Å². The lowest BCUT2D eigenvalue weighted by molar-refractivity contribution is 0.0351. The van der Waals surface area contributed by atoms with E-state index in [4.69, 9.17) is 4.74 Å². The number of pyridine rings is 1. The lowest BCUT2D eigenvalue weighted by Crippen LogP contribution is -2.52. The lowest BCUT2D eigenvalue weighted by atomic mass is 10.00. The zero-order valence-electron chi connectivity index (χ0n) is 21.7. The Bertz CT molecular complexity index is 948. The predicted octanol–water partition coefficient (Wildman–Crippen LogP) is 3.28. The van der Waals surface area contributed by atoms with Crippen LogP contribution < -0.4 is 10.1 Å². The summed E-state index contributed by atoms with van der Waals surface area (Å²) in [4.78, 5) is 34.0. The number of carbonyl (C=O) groups is 2. The molecule has 1 aliphatic heterocycles. The fraction of sp³-hybridized carbons (Fsp3) is 0.667. The molecule has 1 aromatic rings. The molecule has 1 saturated carbocycles. The molecule has 0 aromatic carbocycles. The van der Waals surface area contributed by atoms with E-state index < -0.39 is 0 Å². The summed E-state index contributed by atoms with van der Waals surface area (Å²) in [5.41, 5.74) is 0.979. The average Bonchev–Trinajstić information content (AvgIpc) is 3.33. The van der Waals surface area contributed by atoms with Crippen LogP contribution in [0.25, 0.3) is 0 Å². The number of aliphatic hydroxyl groups is 1. The number of nitrogens with one attached hydrogen (secondary N) is 1. The van der Waals surface area contributed by atoms with Crippen LogP contribution in [-0.2, 0) is 0 Å². The van der Waals surface area contributed by atoms with Crippen molar-refractivity contribution in [3.8, 4) is 17.7 Å². The Kier molecular flexibility index (Phi) is 9.39. The number of ether oxygens (including phenoxy) is 1. The number of carbonyl (C=O) groups excluding carboxylic acids is 2. The largest absolute Gasteiger partial charge is 0.472 e. The molecular weight excluding hydrogens is 444 g/mol. The summed E-state index contributed by atoms with van der Waals surface area (Å²) in [6.07, 6.45) is 6.34. The van der Waals surface area contributed by atoms with Crippen molar-refractivity contribution in [2.45, 2.75) is 78.0 Å². The zero-order chi connectivity index (χ0) is 25.5. The molecule has 0 bridgehead atoms. The number of hydrogen-bond donors (Lipinski definition) is 2. The molecule has 1 fully saturated rings. The molecule has 0 radical (unpaired) electrons. The van der Waals surface area contributed by atoms with E-state index in [1.807, 2.05) is 13.8 Å². The van der Waals surface area contributed by atoms with Crippen molar-refractivity contribution in [2.75, 3.05) is 26.7 Å². The Morgan fingerprint density at radius 1 is 1.34 bits per heavy atom. The lowest BCUT2D eigenvalue weighted by Gasteiger charge is -2.37. The van der Waals surface area contributed by atoms with Crippen LogP contribution in [0, 0.1) is 23.7 Å². The molecule has 192 valence electrons. The quantitative estimate of drug-likeness (QED) is 0.605. The number of hydrogen-bond acceptors (Lipinski definition) is 5. The van der Waals surface area contributed by atoms with E-state index in [0.717, 1.165) is 32.1 Å². The molecule has 0 unspecified atom stereocenters. The van der Waals surface area contributed by atoms with E-state index >= 15 is 0 Å². The minimum absolute atomic E-state index is 0.0878. The third-order valence-corrected chi connectivity index (χ3v) is 6.75. The highest BCUT2D eigenvalue weighted by molar-refractivity contribution is 5.97. The number of fused-ring (bicyclic) bond motifs is 1. The van der Waals surface area contributed by atoms with Gasteiger partial charge in [-0.1, -0.05) is 45.5 Å². The van der Waals surface area contributed by atoms with Crippen LogP contribution in [0.4, 0.5) is 4.79 Å². The summed E-state index contributed by atoms with van der Waals surface area (Å²) in [6.45, 7) is 8.62. The average molecular weight is 485 g/mol. The molecule has 2 N–H and O–H groups in total. The Morgan fingerprint density at radius 3 is 2.71 bits per heavy atom. The summed E-state index contributed by atoms with van der Waals surface area (Å²) in [5.74, 6) is 6.59. The van der Waals surface area contributed by atoms with Gasteiger partial charge in [0.15, 0.2) is 0 Å². The fourth-order valence-electron chi connectivity index (χ4n) is 4.45. The van der Waals surface area contributed by atoms with Gasteiger partial charge in [-0.15, -0.1) is 0 Å². The summed E-state index contributed by atoms with van der Waals surface area (Å²) >= 11 is 0. The van der Waals surface area contributed by atoms with Gasteiger partial charge >= 0.3 is 6.03 Å². The van der Waals surface area contributed by atoms with Gasteiger partial charge in [-0.05, 0) is 31.7 Å². The first-order valence-corrected chi connectivity index (χ1v) is 12.8. The molecule has 0 spiro atoms. The molecular formula is C27H40N4O4. The van der Waals surface area contributed by atoms with Gasteiger partial charge in [-0.3, -0.25) is 4.79 Å². The van der Waals surface area contributed by atoms with Crippen LogP contribution in [-0.4, -0.2) is 76.8 Å². The van der Waals surface area contributed by atoms with Crippen molar-refractivity contribution in [1.82, 2.24) is 20.1 Å². The molecule has 1 aromatic heterocycles. The Labute approximate surface area is 209 Å². The van der Waals surface area contributed by atoms with Crippen molar-refractivity contribution in [3.05, 3.63) is 23.4 Å². The summed E-state index contributed by atoms with van der Waals surface area (Å²) < 4.78 is 6.28. The Morgan fingerprint density at radius 2 is 2.06 bits per heavy atom. The number of urea groups is 1. The van der Waals surface area contributed by atoms with Crippen LogP contribution >= 0.6 is 0 Å². The zero-order valence-corrected chi connectivity index (χ0v) is 21.7. The maximum absolute atomic E-state index is 13.5. The number of nitrogens with zero attached hydrogens (tertiary/aromatic N) is 3. The molecule has 0 saturated heterocycles. The normalized spacial score (nSPS) is 21.3. The second-order valence-electron chi connectivity index (χ2n) is 10.4. The van der Waals surface area contributed by atoms with Crippen molar-refractivity contribution >= 4 is 11.9 Å². The van der Waals surface area contributed by atoms with Crippen LogP contribution in [0.2, 0.25) is 0 Å². The molecule has 2 aliphatic rings. The highest BCUT2D eigenvalue weighted by atomic mass is 16.5. The van der Waals surface area contributed by atoms with E-state index in [-0.39, 0.29) is 48.5 Å².